The van der Waals surface area contributed by atoms with E-state index in [9.17, 15) is 4.79 Å². The summed E-state index contributed by atoms with van der Waals surface area (Å²) in [5, 5.41) is 10.1. The Labute approximate surface area is 168 Å². The SMILES string of the molecule is Cc1ccccc1OCCOCCOc1cccc(/C=C2\SC(=N)NC2=O)c1. The fourth-order valence-corrected chi connectivity index (χ4v) is 3.24. The highest BCUT2D eigenvalue weighted by atomic mass is 32.2. The lowest BCUT2D eigenvalue weighted by molar-refractivity contribution is -0.115. The van der Waals surface area contributed by atoms with Gasteiger partial charge in [-0.1, -0.05) is 30.3 Å². The molecule has 1 aliphatic heterocycles. The zero-order valence-corrected chi connectivity index (χ0v) is 16.4. The molecule has 2 N–H and O–H groups in total. The van der Waals surface area contributed by atoms with Crippen LogP contribution in [-0.4, -0.2) is 37.5 Å². The molecule has 1 aliphatic rings. The number of nitrogens with one attached hydrogen (secondary N) is 2. The third-order valence-corrected chi connectivity index (χ3v) is 4.72. The van der Waals surface area contributed by atoms with Gasteiger partial charge in [0.2, 0.25) is 0 Å². The minimum Gasteiger partial charge on any atom is -0.491 e. The van der Waals surface area contributed by atoms with Gasteiger partial charge in [0.25, 0.3) is 5.91 Å². The maximum Gasteiger partial charge on any atom is 0.264 e. The van der Waals surface area contributed by atoms with Gasteiger partial charge in [-0.25, -0.2) is 0 Å². The van der Waals surface area contributed by atoms with E-state index in [1.807, 2.05) is 55.5 Å². The number of para-hydroxylation sites is 1. The number of hydrogen-bond acceptors (Lipinski definition) is 6. The summed E-state index contributed by atoms with van der Waals surface area (Å²) in [6.45, 7) is 3.86. The molecule has 0 saturated carbocycles. The second-order valence-corrected chi connectivity index (χ2v) is 7.09. The summed E-state index contributed by atoms with van der Waals surface area (Å²) in [5.74, 6) is 1.33. The summed E-state index contributed by atoms with van der Waals surface area (Å²) in [4.78, 5) is 12.2. The number of carbonyl (C=O) groups is 1. The predicted octanol–water partition coefficient (Wildman–Crippen LogP) is 3.61. The number of ether oxygens (including phenoxy) is 3. The maximum absolute atomic E-state index is 11.7. The Morgan fingerprint density at radius 2 is 1.82 bits per heavy atom. The van der Waals surface area contributed by atoms with E-state index in [0.29, 0.717) is 37.1 Å². The van der Waals surface area contributed by atoms with Crippen LogP contribution in [-0.2, 0) is 9.53 Å². The molecule has 0 aromatic heterocycles. The zero-order chi connectivity index (χ0) is 19.8. The highest BCUT2D eigenvalue weighted by Gasteiger charge is 2.22. The van der Waals surface area contributed by atoms with Gasteiger partial charge >= 0.3 is 0 Å². The van der Waals surface area contributed by atoms with Crippen LogP contribution in [0.5, 0.6) is 11.5 Å². The fraction of sp³-hybridized carbons (Fsp3) is 0.238. The molecule has 0 unspecified atom stereocenters. The minimum absolute atomic E-state index is 0.146. The van der Waals surface area contributed by atoms with Gasteiger partial charge in [0.1, 0.15) is 24.7 Å². The van der Waals surface area contributed by atoms with Gasteiger partial charge in [-0.3, -0.25) is 10.2 Å². The van der Waals surface area contributed by atoms with Crippen LogP contribution < -0.4 is 14.8 Å². The van der Waals surface area contributed by atoms with E-state index in [2.05, 4.69) is 5.32 Å². The summed E-state index contributed by atoms with van der Waals surface area (Å²) in [6.07, 6.45) is 1.74. The Bertz CT molecular complexity index is 882. The molecule has 2 aromatic carbocycles. The average Bonchev–Trinajstić information content (AvgIpc) is 2.99. The first kappa shape index (κ1) is 20.0. The molecule has 1 fully saturated rings. The van der Waals surface area contributed by atoms with Crippen molar-refractivity contribution < 1.29 is 19.0 Å². The van der Waals surface area contributed by atoms with Crippen molar-refractivity contribution in [3.8, 4) is 11.5 Å². The highest BCUT2D eigenvalue weighted by Crippen LogP contribution is 2.26. The number of hydrogen-bond donors (Lipinski definition) is 2. The van der Waals surface area contributed by atoms with Crippen molar-refractivity contribution in [2.24, 2.45) is 0 Å². The quantitative estimate of drug-likeness (QED) is 0.498. The van der Waals surface area contributed by atoms with Crippen LogP contribution in [0.2, 0.25) is 0 Å². The van der Waals surface area contributed by atoms with E-state index in [1.165, 1.54) is 0 Å². The van der Waals surface area contributed by atoms with Gasteiger partial charge in [-0.2, -0.15) is 0 Å². The number of rotatable bonds is 9. The van der Waals surface area contributed by atoms with Gasteiger partial charge in [0.05, 0.1) is 18.1 Å². The molecule has 3 rings (SSSR count). The van der Waals surface area contributed by atoms with Crippen molar-refractivity contribution >= 4 is 28.9 Å². The number of carbonyl (C=O) groups excluding carboxylic acids is 1. The van der Waals surface area contributed by atoms with E-state index in [0.717, 1.165) is 28.6 Å². The molecular weight excluding hydrogens is 376 g/mol. The van der Waals surface area contributed by atoms with Gasteiger partial charge in [0.15, 0.2) is 5.17 Å². The summed E-state index contributed by atoms with van der Waals surface area (Å²) < 4.78 is 16.9. The molecular formula is C21H22N2O4S. The van der Waals surface area contributed by atoms with Gasteiger partial charge in [-0.05, 0) is 54.1 Å². The Morgan fingerprint density at radius 3 is 2.57 bits per heavy atom. The third-order valence-electron chi connectivity index (χ3n) is 3.89. The van der Waals surface area contributed by atoms with E-state index >= 15 is 0 Å². The monoisotopic (exact) mass is 398 g/mol. The first-order valence-corrected chi connectivity index (χ1v) is 9.72. The number of amides is 1. The Morgan fingerprint density at radius 1 is 1.04 bits per heavy atom. The van der Waals surface area contributed by atoms with Gasteiger partial charge in [-0.15, -0.1) is 0 Å². The number of amidine groups is 1. The molecule has 0 radical (unpaired) electrons. The Balaban J connectivity index is 1.37. The highest BCUT2D eigenvalue weighted by molar-refractivity contribution is 8.18. The van der Waals surface area contributed by atoms with Crippen LogP contribution in [0.25, 0.3) is 6.08 Å². The van der Waals surface area contributed by atoms with Gasteiger partial charge < -0.3 is 19.5 Å². The molecule has 1 amide bonds. The van der Waals surface area contributed by atoms with Gasteiger partial charge in [0, 0.05) is 0 Å². The summed E-state index contributed by atoms with van der Waals surface area (Å²) >= 11 is 1.11. The molecule has 0 atom stereocenters. The van der Waals surface area contributed by atoms with Crippen LogP contribution in [0.3, 0.4) is 0 Å². The van der Waals surface area contributed by atoms with E-state index < -0.39 is 0 Å². The molecule has 146 valence electrons. The van der Waals surface area contributed by atoms with Crippen LogP contribution in [0, 0.1) is 12.3 Å². The number of thioether (sulfide) groups is 1. The minimum atomic E-state index is -0.248. The zero-order valence-electron chi connectivity index (χ0n) is 15.6. The van der Waals surface area contributed by atoms with Crippen LogP contribution >= 0.6 is 11.8 Å². The first-order chi connectivity index (χ1) is 13.6. The molecule has 7 heteroatoms. The van der Waals surface area contributed by atoms with Crippen molar-refractivity contribution in [3.63, 3.8) is 0 Å². The molecule has 0 bridgehead atoms. The normalized spacial score (nSPS) is 15.0. The Hall–Kier alpha value is -2.77. The summed E-state index contributed by atoms with van der Waals surface area (Å²) in [7, 11) is 0. The fourth-order valence-electron chi connectivity index (χ4n) is 2.54. The molecule has 0 spiro atoms. The smallest absolute Gasteiger partial charge is 0.264 e. The summed E-state index contributed by atoms with van der Waals surface area (Å²) in [5.41, 5.74) is 1.95. The van der Waals surface area contributed by atoms with Crippen molar-refractivity contribution in [1.82, 2.24) is 5.32 Å². The second kappa shape index (κ2) is 9.96. The van der Waals surface area contributed by atoms with Crippen LogP contribution in [0.1, 0.15) is 11.1 Å². The second-order valence-electron chi connectivity index (χ2n) is 6.04. The maximum atomic E-state index is 11.7. The average molecular weight is 398 g/mol. The summed E-state index contributed by atoms with van der Waals surface area (Å²) in [6, 6.07) is 15.3. The lowest BCUT2D eigenvalue weighted by Gasteiger charge is -2.10. The predicted molar refractivity (Wildman–Crippen MR) is 111 cm³/mol. The topological polar surface area (TPSA) is 80.6 Å². The molecule has 6 nitrogen and oxygen atoms in total. The van der Waals surface area contributed by atoms with E-state index in [4.69, 9.17) is 19.6 Å². The number of aryl methyl sites for hydroxylation is 1. The van der Waals surface area contributed by atoms with Crippen molar-refractivity contribution in [2.45, 2.75) is 6.92 Å². The van der Waals surface area contributed by atoms with Crippen molar-refractivity contribution in [3.05, 3.63) is 64.6 Å². The molecule has 0 aliphatic carbocycles. The molecule has 28 heavy (non-hydrogen) atoms. The lowest BCUT2D eigenvalue weighted by atomic mass is 10.2. The molecule has 1 saturated heterocycles. The van der Waals surface area contributed by atoms with E-state index in [-0.39, 0.29) is 11.1 Å². The van der Waals surface area contributed by atoms with Crippen LogP contribution in [0.15, 0.2) is 53.4 Å². The molecule has 1 heterocycles. The van der Waals surface area contributed by atoms with E-state index in [1.54, 1.807) is 6.08 Å². The first-order valence-electron chi connectivity index (χ1n) is 8.90. The van der Waals surface area contributed by atoms with Crippen LogP contribution in [0.4, 0.5) is 0 Å². The van der Waals surface area contributed by atoms with Crippen molar-refractivity contribution in [1.29, 1.82) is 5.41 Å². The number of benzene rings is 2. The van der Waals surface area contributed by atoms with Crippen molar-refractivity contribution in [2.75, 3.05) is 26.4 Å². The lowest BCUT2D eigenvalue weighted by Crippen LogP contribution is -2.18. The standard InChI is InChI=1S/C21H22N2O4S/c1-15-5-2-3-8-18(15)27-12-10-25-9-11-26-17-7-4-6-16(13-17)14-19-20(24)23-21(22)28-19/h2-8,13-14H,9-12H2,1H3,(H2,22,23,24)/b19-14-. The Kier molecular flexibility index (Phi) is 7.11. The molecule has 2 aromatic rings. The largest absolute Gasteiger partial charge is 0.491 e. The third kappa shape index (κ3) is 5.87.